The van der Waals surface area contributed by atoms with Crippen LogP contribution in [-0.4, -0.2) is 91.4 Å². The lowest BCUT2D eigenvalue weighted by molar-refractivity contribution is -0.0477. The predicted octanol–water partition coefficient (Wildman–Crippen LogP) is 7.39. The number of benzene rings is 2. The van der Waals surface area contributed by atoms with E-state index in [4.69, 9.17) is 18.9 Å². The highest BCUT2D eigenvalue weighted by molar-refractivity contribution is 5.70. The molecule has 11 nitrogen and oxygen atoms in total. The molecule has 2 aromatic carbocycles. The average molecular weight is 704 g/mol. The lowest BCUT2D eigenvalue weighted by Gasteiger charge is -2.30. The van der Waals surface area contributed by atoms with Crippen molar-refractivity contribution in [1.82, 2.24) is 30.5 Å². The van der Waals surface area contributed by atoms with Gasteiger partial charge in [-0.2, -0.15) is 0 Å². The molecule has 0 spiro atoms. The Labute approximate surface area is 305 Å². The molecule has 280 valence electrons. The molecule has 2 atom stereocenters. The Morgan fingerprint density at radius 2 is 1.43 bits per heavy atom. The van der Waals surface area contributed by atoms with Crippen LogP contribution in [0.2, 0.25) is 0 Å². The number of anilines is 1. The maximum atomic E-state index is 5.86. The molecule has 0 radical (unpaired) electrons. The first kappa shape index (κ1) is 38.4. The number of nitrogens with zero attached hydrogens (tertiary/aromatic N) is 6. The number of piperidine rings is 1. The van der Waals surface area contributed by atoms with Crippen LogP contribution in [-0.2, 0) is 16.0 Å². The minimum Gasteiger partial charge on any atom is -0.493 e. The van der Waals surface area contributed by atoms with Crippen LogP contribution in [0.15, 0.2) is 42.7 Å². The van der Waals surface area contributed by atoms with Crippen LogP contribution in [0, 0.1) is 13.8 Å². The molecule has 4 aliphatic heterocycles. The van der Waals surface area contributed by atoms with Crippen molar-refractivity contribution < 1.29 is 18.9 Å². The van der Waals surface area contributed by atoms with Gasteiger partial charge in [-0.05, 0) is 107 Å². The summed E-state index contributed by atoms with van der Waals surface area (Å²) in [6.45, 7) is 14.0. The minimum atomic E-state index is 0.283. The summed E-state index contributed by atoms with van der Waals surface area (Å²) in [5.41, 5.74) is 11.4. The Bertz CT molecular complexity index is 1540. The largest absolute Gasteiger partial charge is 0.493 e. The maximum Gasteiger partial charge on any atom is 0.161 e. The molecule has 11 heteroatoms. The molecule has 51 heavy (non-hydrogen) atoms. The van der Waals surface area contributed by atoms with Crippen LogP contribution in [0.25, 0.3) is 17.0 Å². The Kier molecular flexibility index (Phi) is 14.4. The third-order valence-corrected chi connectivity index (χ3v) is 10.0. The average Bonchev–Trinajstić information content (AvgIpc) is 3.79. The lowest BCUT2D eigenvalue weighted by Crippen LogP contribution is -2.43. The second-order valence-electron chi connectivity index (χ2n) is 13.7. The molecule has 3 aromatic rings. The molecule has 0 aliphatic carbocycles. The number of hydrogen-bond acceptors (Lipinski definition) is 10. The first-order valence-corrected chi connectivity index (χ1v) is 19.1. The van der Waals surface area contributed by atoms with Gasteiger partial charge in [-0.15, -0.1) is 10.2 Å². The van der Waals surface area contributed by atoms with E-state index in [0.717, 1.165) is 73.2 Å². The zero-order valence-corrected chi connectivity index (χ0v) is 32.1. The van der Waals surface area contributed by atoms with Gasteiger partial charge in [0.2, 0.25) is 0 Å². The van der Waals surface area contributed by atoms with Crippen molar-refractivity contribution in [3.05, 3.63) is 59.4 Å². The van der Waals surface area contributed by atoms with Crippen molar-refractivity contribution in [2.45, 2.75) is 104 Å². The van der Waals surface area contributed by atoms with E-state index in [-0.39, 0.29) is 6.10 Å². The topological polar surface area (TPSA) is 89.4 Å². The van der Waals surface area contributed by atoms with Crippen molar-refractivity contribution in [1.29, 1.82) is 0 Å². The Hall–Kier alpha value is -3.80. The van der Waals surface area contributed by atoms with Gasteiger partial charge in [-0.1, -0.05) is 25.1 Å². The summed E-state index contributed by atoms with van der Waals surface area (Å²) in [5.74, 6) is 1.48. The summed E-state index contributed by atoms with van der Waals surface area (Å²) < 4.78 is 24.4. The Morgan fingerprint density at radius 3 is 2.06 bits per heavy atom. The fraction of sp³-hybridized carbons (Fsp3) is 0.600. The summed E-state index contributed by atoms with van der Waals surface area (Å²) >= 11 is 0. The van der Waals surface area contributed by atoms with Crippen LogP contribution >= 0.6 is 0 Å². The number of rotatable bonds is 9. The number of aromatic nitrogens is 3. The standard InChI is InChI=1S/C20H28N4O.C18H27N3O3.C2H6/c1-16-13-17(23-10-4-2-5-11-23)8-9-19(16)20-15-24(22-21-20)14-18-7-3-6-12-25-18;1-13-9-17(22-3)18(23-4)10-15(13)16-12-21(20(2)19-16)11-14-7-5-6-8-24-14;1-2/h8-9,13,15,18H,2-7,10-12,14H2,1H3;9-10,12,14,19H,5-8,11H2,1-4H3;1-2H3/t18-;14-;/m11./s1. The summed E-state index contributed by atoms with van der Waals surface area (Å²) in [6.07, 6.45) is 15.9. The molecule has 0 saturated carbocycles. The highest BCUT2D eigenvalue weighted by atomic mass is 16.5. The third-order valence-electron chi connectivity index (χ3n) is 10.0. The van der Waals surface area contributed by atoms with Gasteiger partial charge in [-0.3, -0.25) is 10.4 Å². The van der Waals surface area contributed by atoms with Gasteiger partial charge in [0.15, 0.2) is 11.5 Å². The number of aryl methyl sites for hydroxylation is 2. The molecule has 0 bridgehead atoms. The highest BCUT2D eigenvalue weighted by Crippen LogP contribution is 2.34. The Balaban J connectivity index is 0.000000189. The fourth-order valence-corrected chi connectivity index (χ4v) is 7.19. The molecule has 1 aromatic heterocycles. The van der Waals surface area contributed by atoms with Crippen LogP contribution in [0.4, 0.5) is 5.69 Å². The van der Waals surface area contributed by atoms with E-state index < -0.39 is 0 Å². The molecule has 3 fully saturated rings. The molecule has 3 saturated heterocycles. The van der Waals surface area contributed by atoms with Gasteiger partial charge in [0.05, 0.1) is 51.4 Å². The zero-order valence-electron chi connectivity index (χ0n) is 32.1. The van der Waals surface area contributed by atoms with E-state index in [2.05, 4.69) is 70.1 Å². The third kappa shape index (κ3) is 10.2. The summed E-state index contributed by atoms with van der Waals surface area (Å²) in [5, 5.41) is 12.9. The molecule has 5 heterocycles. The van der Waals surface area contributed by atoms with Crippen molar-refractivity contribution in [3.8, 4) is 22.8 Å². The van der Waals surface area contributed by atoms with Crippen LogP contribution in [0.5, 0.6) is 11.5 Å². The normalized spacial score (nSPS) is 20.7. The van der Waals surface area contributed by atoms with Gasteiger partial charge in [-0.25, -0.2) is 4.68 Å². The molecule has 7 rings (SSSR count). The maximum absolute atomic E-state index is 5.86. The fourth-order valence-electron chi connectivity index (χ4n) is 7.19. The number of hydrogen-bond donors (Lipinski definition) is 1. The molecule has 4 aliphatic rings. The van der Waals surface area contributed by atoms with Gasteiger partial charge in [0.25, 0.3) is 0 Å². The smallest absolute Gasteiger partial charge is 0.161 e. The van der Waals surface area contributed by atoms with E-state index in [9.17, 15) is 0 Å². The van der Waals surface area contributed by atoms with Crippen molar-refractivity contribution in [2.75, 3.05) is 59.0 Å². The van der Waals surface area contributed by atoms with Crippen molar-refractivity contribution in [3.63, 3.8) is 0 Å². The number of methoxy groups -OCH3 is 2. The molecule has 1 N–H and O–H groups in total. The van der Waals surface area contributed by atoms with Gasteiger partial charge in [0, 0.05) is 56.4 Å². The van der Waals surface area contributed by atoms with Crippen molar-refractivity contribution >= 4 is 11.4 Å². The first-order chi connectivity index (χ1) is 24.9. The zero-order chi connectivity index (χ0) is 36.2. The van der Waals surface area contributed by atoms with Crippen LogP contribution < -0.4 is 19.8 Å². The number of hydrazine groups is 2. The summed E-state index contributed by atoms with van der Waals surface area (Å²) in [7, 11) is 5.33. The quantitative estimate of drug-likeness (QED) is 0.244. The summed E-state index contributed by atoms with van der Waals surface area (Å²) in [4.78, 5) is 2.50. The van der Waals surface area contributed by atoms with Gasteiger partial charge >= 0.3 is 0 Å². The van der Waals surface area contributed by atoms with E-state index in [0.29, 0.717) is 6.10 Å². The second kappa shape index (κ2) is 19.2. The first-order valence-electron chi connectivity index (χ1n) is 19.1. The SMILES string of the molecule is CC.COc1cc(C)c(C2=CN(C[C@H]3CCCCO3)N(C)N2)cc1OC.Cc1cc(N2CCCCC2)ccc1-c1cn(C[C@H]2CCCCO2)nn1. The lowest BCUT2D eigenvalue weighted by atomic mass is 10.0. The second-order valence-corrected chi connectivity index (χ2v) is 13.7. The van der Waals surface area contributed by atoms with E-state index in [1.807, 2.05) is 42.8 Å². The minimum absolute atomic E-state index is 0.283. The molecular weight excluding hydrogens is 642 g/mol. The molecular formula is C40H61N7O4. The highest BCUT2D eigenvalue weighted by Gasteiger charge is 2.25. The molecule has 0 unspecified atom stereocenters. The van der Waals surface area contributed by atoms with Crippen LogP contribution in [0.1, 0.15) is 88.3 Å². The number of ether oxygens (including phenoxy) is 4. The predicted molar refractivity (Wildman–Crippen MR) is 205 cm³/mol. The van der Waals surface area contributed by atoms with E-state index >= 15 is 0 Å². The number of nitrogens with one attached hydrogen (secondary N) is 1. The van der Waals surface area contributed by atoms with E-state index in [1.54, 1.807) is 14.2 Å². The monoisotopic (exact) mass is 703 g/mol. The van der Waals surface area contributed by atoms with Gasteiger partial charge in [0.1, 0.15) is 5.69 Å². The van der Waals surface area contributed by atoms with Gasteiger partial charge < -0.3 is 23.8 Å². The Morgan fingerprint density at radius 1 is 0.784 bits per heavy atom. The summed E-state index contributed by atoms with van der Waals surface area (Å²) in [6, 6.07) is 10.7. The molecule has 0 amide bonds. The van der Waals surface area contributed by atoms with Crippen molar-refractivity contribution in [2.24, 2.45) is 0 Å². The van der Waals surface area contributed by atoms with E-state index in [1.165, 1.54) is 74.8 Å². The van der Waals surface area contributed by atoms with Crippen LogP contribution in [0.3, 0.4) is 0 Å².